The maximum atomic E-state index is 9.61. The zero-order valence-corrected chi connectivity index (χ0v) is 24.0. The monoisotopic (exact) mass is 620 g/mol. The van der Waals surface area contributed by atoms with Gasteiger partial charge in [0.25, 0.3) is 0 Å². The van der Waals surface area contributed by atoms with Gasteiger partial charge in [-0.3, -0.25) is 0 Å². The summed E-state index contributed by atoms with van der Waals surface area (Å²) in [7, 11) is 0. The van der Waals surface area contributed by atoms with E-state index in [4.69, 9.17) is 26.3 Å². The van der Waals surface area contributed by atoms with Crippen molar-refractivity contribution in [3.05, 3.63) is 181 Å². The molecule has 0 saturated heterocycles. The molecule has 0 fully saturated rings. The van der Waals surface area contributed by atoms with Crippen LogP contribution in [0.5, 0.6) is 0 Å². The minimum absolute atomic E-state index is 0.0313. The molecule has 0 aliphatic heterocycles. The largest absolute Gasteiger partial charge is 0.455 e. The molecule has 0 N–H and O–H groups in total. The van der Waals surface area contributed by atoms with Gasteiger partial charge in [-0.25, -0.2) is 0 Å². The summed E-state index contributed by atoms with van der Waals surface area (Å²) in [4.78, 5) is 0. The minimum Gasteiger partial charge on any atom is -0.455 e. The van der Waals surface area contributed by atoms with Gasteiger partial charge in [0.1, 0.15) is 11.3 Å². The molecule has 0 atom stereocenters. The highest BCUT2D eigenvalue weighted by atomic mass is 16.3. The van der Waals surface area contributed by atoms with E-state index in [-0.39, 0.29) is 16.5 Å². The Bertz CT molecular complexity index is 3670. The molecule has 220 valence electrons. The second-order valence-electron chi connectivity index (χ2n) is 10.4. The highest BCUT2D eigenvalue weighted by Gasteiger charge is 2.25. The van der Waals surface area contributed by atoms with Crippen LogP contribution in [0.4, 0.5) is 0 Å². The number of fused-ring (bicyclic) bond motifs is 3. The van der Waals surface area contributed by atoms with Crippen molar-refractivity contribution in [2.24, 2.45) is 0 Å². The second kappa shape index (κ2) is 11.3. The molecule has 0 saturated carbocycles. The third-order valence-electron chi connectivity index (χ3n) is 7.83. The van der Waals surface area contributed by atoms with E-state index in [9.17, 15) is 8.22 Å². The molecular weight excluding hydrogens is 569 g/mol. The molecule has 1 heterocycles. The molecule has 0 amide bonds. The summed E-state index contributed by atoms with van der Waals surface area (Å²) in [5, 5.41) is -2.15. The lowest BCUT2D eigenvalue weighted by atomic mass is 9.84. The van der Waals surface area contributed by atoms with E-state index in [2.05, 4.69) is 0 Å². The standard InChI is InChI=1S/C46H30O/c1-4-16-31(17-5-1)34-28-29-42-41(30-34)45(46(47-42)40-27-15-10-22-35(40)32-18-6-2-7-19-32)44-38-25-13-11-23-36(38)43(33-20-8-3-9-21-33)37-24-12-14-26-39(37)44/h1-30H/i2D,3D,6D,7D,8D,9D,10D,11D,12D,13D,14D,15D,18D,19D,20D,21D,22D,23D,24D,25D,26D,27D. The Kier molecular flexibility index (Phi) is 3.11. The third-order valence-corrected chi connectivity index (χ3v) is 7.83. The molecule has 0 unspecified atom stereocenters. The van der Waals surface area contributed by atoms with Crippen molar-refractivity contribution in [3.8, 4) is 55.8 Å². The van der Waals surface area contributed by atoms with Crippen LogP contribution in [0.2, 0.25) is 0 Å². The van der Waals surface area contributed by atoms with Crippen LogP contribution in [0.3, 0.4) is 0 Å². The molecular formula is C46H30O. The summed E-state index contributed by atoms with van der Waals surface area (Å²) < 4.78 is 204. The smallest absolute Gasteiger partial charge is 0.143 e. The van der Waals surface area contributed by atoms with Gasteiger partial charge < -0.3 is 4.42 Å². The zero-order chi connectivity index (χ0) is 50.3. The van der Waals surface area contributed by atoms with E-state index in [1.54, 1.807) is 42.5 Å². The molecule has 9 rings (SSSR count). The van der Waals surface area contributed by atoms with Crippen molar-refractivity contribution >= 4 is 32.5 Å². The maximum Gasteiger partial charge on any atom is 0.143 e. The number of hydrogen-bond donors (Lipinski definition) is 0. The lowest BCUT2D eigenvalue weighted by Crippen LogP contribution is -1.92. The molecule has 0 bridgehead atoms. The lowest BCUT2D eigenvalue weighted by molar-refractivity contribution is 0.633. The van der Waals surface area contributed by atoms with Crippen LogP contribution in [0.1, 0.15) is 30.2 Å². The zero-order valence-electron chi connectivity index (χ0n) is 46.0. The van der Waals surface area contributed by atoms with Gasteiger partial charge in [0.2, 0.25) is 0 Å². The van der Waals surface area contributed by atoms with E-state index in [1.807, 2.05) is 0 Å². The van der Waals surface area contributed by atoms with Gasteiger partial charge in [-0.05, 0) is 67.1 Å². The molecule has 0 spiro atoms. The van der Waals surface area contributed by atoms with Gasteiger partial charge >= 0.3 is 0 Å². The molecule has 1 aromatic heterocycles. The summed E-state index contributed by atoms with van der Waals surface area (Å²) >= 11 is 0. The van der Waals surface area contributed by atoms with Gasteiger partial charge in [-0.1, -0.05) is 169 Å². The second-order valence-corrected chi connectivity index (χ2v) is 10.4. The Morgan fingerprint density at radius 2 is 0.894 bits per heavy atom. The van der Waals surface area contributed by atoms with Gasteiger partial charge in [0.15, 0.2) is 0 Å². The fraction of sp³-hybridized carbons (Fsp3) is 0. The van der Waals surface area contributed by atoms with Crippen molar-refractivity contribution in [2.45, 2.75) is 0 Å². The van der Waals surface area contributed by atoms with Crippen LogP contribution in [0, 0.1) is 0 Å². The summed E-state index contributed by atoms with van der Waals surface area (Å²) in [6.07, 6.45) is 0. The summed E-state index contributed by atoms with van der Waals surface area (Å²) in [5.41, 5.74) is -2.84. The Morgan fingerprint density at radius 1 is 0.362 bits per heavy atom. The molecule has 0 aliphatic rings. The predicted octanol–water partition coefficient (Wildman–Crippen LogP) is 13.1. The van der Waals surface area contributed by atoms with Crippen LogP contribution in [0.15, 0.2) is 186 Å². The molecule has 9 aromatic rings. The Hall–Kier alpha value is -6.18. The van der Waals surface area contributed by atoms with Gasteiger partial charge in [-0.2, -0.15) is 0 Å². The number of benzene rings is 8. The van der Waals surface area contributed by atoms with Gasteiger partial charge in [0.05, 0.1) is 30.2 Å². The molecule has 0 aliphatic carbocycles. The van der Waals surface area contributed by atoms with E-state index in [1.165, 1.54) is 6.07 Å². The quantitative estimate of drug-likeness (QED) is 0.174. The predicted molar refractivity (Wildman–Crippen MR) is 198 cm³/mol. The van der Waals surface area contributed by atoms with Crippen LogP contribution in [-0.4, -0.2) is 0 Å². The number of rotatable bonds is 5. The minimum atomic E-state index is -0.879. The fourth-order valence-corrected chi connectivity index (χ4v) is 5.88. The Morgan fingerprint density at radius 3 is 1.53 bits per heavy atom. The summed E-state index contributed by atoms with van der Waals surface area (Å²) in [6.45, 7) is 0. The van der Waals surface area contributed by atoms with Crippen LogP contribution < -0.4 is 0 Å². The third kappa shape index (κ3) is 4.56. The van der Waals surface area contributed by atoms with Gasteiger partial charge in [-0.15, -0.1) is 0 Å². The maximum absolute atomic E-state index is 9.61. The van der Waals surface area contributed by atoms with Crippen LogP contribution >= 0.6 is 0 Å². The fourth-order valence-electron chi connectivity index (χ4n) is 5.88. The molecule has 0 radical (unpaired) electrons. The number of furan rings is 1. The summed E-state index contributed by atoms with van der Waals surface area (Å²) in [6, 6.07) is -5.47. The first-order chi connectivity index (χ1) is 32.5. The van der Waals surface area contributed by atoms with E-state index in [0.717, 1.165) is 0 Å². The normalized spacial score (nSPS) is 18.0. The van der Waals surface area contributed by atoms with Crippen molar-refractivity contribution in [1.29, 1.82) is 0 Å². The van der Waals surface area contributed by atoms with Crippen molar-refractivity contribution < 1.29 is 34.6 Å². The van der Waals surface area contributed by atoms with Crippen molar-refractivity contribution in [3.63, 3.8) is 0 Å². The van der Waals surface area contributed by atoms with Crippen LogP contribution in [-0.2, 0) is 0 Å². The topological polar surface area (TPSA) is 13.1 Å². The molecule has 8 aromatic carbocycles. The Labute approximate surface area is 304 Å². The van der Waals surface area contributed by atoms with Crippen LogP contribution in [0.25, 0.3) is 88.3 Å². The highest BCUT2D eigenvalue weighted by molar-refractivity contribution is 6.25. The van der Waals surface area contributed by atoms with E-state index in [0.29, 0.717) is 11.1 Å². The first-order valence-corrected chi connectivity index (χ1v) is 14.3. The molecule has 1 heteroatoms. The summed E-state index contributed by atoms with van der Waals surface area (Å²) in [5.74, 6) is -0.554. The number of hydrogen-bond acceptors (Lipinski definition) is 1. The average molecular weight is 621 g/mol. The average Bonchev–Trinajstić information content (AvgIpc) is 3.72. The SMILES string of the molecule is [2H]c1c([2H])c([2H])c(-c2c([2H])c([2H])c([2H])c([2H])c2-c2oc3ccc(-c4ccccc4)cc3c2-c2c3c([2H])c([2H])c([2H])c([2H])c3c(-c3c([2H])c([2H])c([2H])c([2H])c3[2H])c3c([2H])c([2H])c([2H])c([2H])c23)c([2H])c1[2H]. The van der Waals surface area contributed by atoms with Crippen molar-refractivity contribution in [1.82, 2.24) is 0 Å². The van der Waals surface area contributed by atoms with Gasteiger partial charge in [0, 0.05) is 22.1 Å². The lowest BCUT2D eigenvalue weighted by Gasteiger charge is -2.18. The molecule has 1 nitrogen and oxygen atoms in total. The highest BCUT2D eigenvalue weighted by Crippen LogP contribution is 2.51. The molecule has 47 heavy (non-hydrogen) atoms. The van der Waals surface area contributed by atoms with E-state index < -0.39 is 194 Å². The first kappa shape index (κ1) is 12.9. The van der Waals surface area contributed by atoms with Crippen molar-refractivity contribution in [2.75, 3.05) is 0 Å². The Balaban J connectivity index is 1.66. The van der Waals surface area contributed by atoms with E-state index >= 15 is 0 Å². The first-order valence-electron chi connectivity index (χ1n) is 25.3.